The molecule has 2 aromatic rings. The van der Waals surface area contributed by atoms with Crippen LogP contribution in [0.3, 0.4) is 0 Å². The third-order valence-corrected chi connectivity index (χ3v) is 3.94. The number of amides is 1. The molecule has 1 aliphatic heterocycles. The standard InChI is InChI=1S/C14H17ClN6O/c1-16-13(22)10-4-2-3-6-21(10)12-8-11(15)18-14(19-12)20-7-5-17-9-20/h5,7-10H,2-4,6H2,1H3,(H,16,22). The molecule has 1 amide bonds. The van der Waals surface area contributed by atoms with Gasteiger partial charge in [0.25, 0.3) is 0 Å². The molecule has 1 fully saturated rings. The lowest BCUT2D eigenvalue weighted by atomic mass is 10.0. The summed E-state index contributed by atoms with van der Waals surface area (Å²) in [7, 11) is 1.65. The molecule has 1 N–H and O–H groups in total. The number of aromatic nitrogens is 4. The van der Waals surface area contributed by atoms with Crippen molar-refractivity contribution in [3.63, 3.8) is 0 Å². The fourth-order valence-corrected chi connectivity index (χ4v) is 2.85. The number of hydrogen-bond donors (Lipinski definition) is 1. The van der Waals surface area contributed by atoms with Crippen LogP contribution in [0.2, 0.25) is 5.15 Å². The van der Waals surface area contributed by atoms with E-state index in [0.29, 0.717) is 16.9 Å². The molecular weight excluding hydrogens is 304 g/mol. The number of carbonyl (C=O) groups is 1. The highest BCUT2D eigenvalue weighted by molar-refractivity contribution is 6.29. The summed E-state index contributed by atoms with van der Waals surface area (Å²) >= 11 is 6.14. The van der Waals surface area contributed by atoms with Crippen molar-refractivity contribution in [3.8, 4) is 5.95 Å². The van der Waals surface area contributed by atoms with Gasteiger partial charge in [0, 0.05) is 32.1 Å². The maximum Gasteiger partial charge on any atom is 0.242 e. The van der Waals surface area contributed by atoms with Crippen molar-refractivity contribution in [3.05, 3.63) is 29.9 Å². The SMILES string of the molecule is CNC(=O)C1CCCCN1c1cc(Cl)nc(-n2ccnc2)n1. The van der Waals surface area contributed by atoms with Gasteiger partial charge in [-0.15, -0.1) is 0 Å². The van der Waals surface area contributed by atoms with Crippen LogP contribution in [0.1, 0.15) is 19.3 Å². The average Bonchev–Trinajstić information content (AvgIpc) is 3.08. The first-order valence-corrected chi connectivity index (χ1v) is 7.58. The minimum Gasteiger partial charge on any atom is -0.357 e. The van der Waals surface area contributed by atoms with E-state index < -0.39 is 0 Å². The molecule has 116 valence electrons. The van der Waals surface area contributed by atoms with Gasteiger partial charge in [-0.2, -0.15) is 4.98 Å². The fraction of sp³-hybridized carbons (Fsp3) is 0.429. The zero-order valence-corrected chi connectivity index (χ0v) is 13.0. The Morgan fingerprint density at radius 2 is 2.27 bits per heavy atom. The topological polar surface area (TPSA) is 75.9 Å². The predicted octanol–water partition coefficient (Wildman–Crippen LogP) is 1.42. The van der Waals surface area contributed by atoms with Crippen molar-refractivity contribution in [2.24, 2.45) is 0 Å². The van der Waals surface area contributed by atoms with E-state index in [1.165, 1.54) is 0 Å². The number of rotatable bonds is 3. The van der Waals surface area contributed by atoms with Gasteiger partial charge in [-0.05, 0) is 19.3 Å². The van der Waals surface area contributed by atoms with E-state index in [1.54, 1.807) is 36.4 Å². The normalized spacial score (nSPS) is 18.3. The van der Waals surface area contributed by atoms with Crippen molar-refractivity contribution in [2.75, 3.05) is 18.5 Å². The first-order chi connectivity index (χ1) is 10.7. The van der Waals surface area contributed by atoms with Gasteiger partial charge in [-0.1, -0.05) is 11.6 Å². The summed E-state index contributed by atoms with van der Waals surface area (Å²) in [6.07, 6.45) is 7.88. The number of nitrogens with zero attached hydrogens (tertiary/aromatic N) is 5. The van der Waals surface area contributed by atoms with E-state index in [4.69, 9.17) is 11.6 Å². The number of nitrogens with one attached hydrogen (secondary N) is 1. The Bertz CT molecular complexity index is 659. The van der Waals surface area contributed by atoms with E-state index in [1.807, 2.05) is 4.90 Å². The smallest absolute Gasteiger partial charge is 0.242 e. The molecule has 22 heavy (non-hydrogen) atoms. The maximum atomic E-state index is 12.1. The van der Waals surface area contributed by atoms with Gasteiger partial charge in [0.05, 0.1) is 0 Å². The third kappa shape index (κ3) is 2.89. The molecule has 0 aliphatic carbocycles. The van der Waals surface area contributed by atoms with E-state index in [0.717, 1.165) is 25.8 Å². The summed E-state index contributed by atoms with van der Waals surface area (Å²) in [5.74, 6) is 1.11. The van der Waals surface area contributed by atoms with Gasteiger partial charge in [0.1, 0.15) is 23.3 Å². The van der Waals surface area contributed by atoms with E-state index in [2.05, 4.69) is 20.3 Å². The van der Waals surface area contributed by atoms with Crippen LogP contribution in [-0.4, -0.2) is 45.1 Å². The summed E-state index contributed by atoms with van der Waals surface area (Å²) in [6, 6.07) is 1.48. The Morgan fingerprint density at radius 1 is 1.41 bits per heavy atom. The van der Waals surface area contributed by atoms with Crippen LogP contribution in [0.4, 0.5) is 5.82 Å². The summed E-state index contributed by atoms with van der Waals surface area (Å²) in [6.45, 7) is 0.773. The van der Waals surface area contributed by atoms with Gasteiger partial charge in [-0.3, -0.25) is 9.36 Å². The Hall–Kier alpha value is -2.15. The van der Waals surface area contributed by atoms with Crippen LogP contribution in [0.15, 0.2) is 24.8 Å². The van der Waals surface area contributed by atoms with Crippen LogP contribution in [-0.2, 0) is 4.79 Å². The van der Waals surface area contributed by atoms with Crippen LogP contribution < -0.4 is 10.2 Å². The van der Waals surface area contributed by atoms with Crippen molar-refractivity contribution >= 4 is 23.3 Å². The predicted molar refractivity (Wildman–Crippen MR) is 83.2 cm³/mol. The molecule has 3 rings (SSSR count). The first kappa shape index (κ1) is 14.8. The van der Waals surface area contributed by atoms with Gasteiger partial charge in [0.2, 0.25) is 11.9 Å². The molecule has 0 saturated carbocycles. The van der Waals surface area contributed by atoms with E-state index >= 15 is 0 Å². The lowest BCUT2D eigenvalue weighted by Gasteiger charge is -2.35. The van der Waals surface area contributed by atoms with Crippen LogP contribution in [0.5, 0.6) is 0 Å². The molecule has 0 radical (unpaired) electrons. The number of hydrogen-bond acceptors (Lipinski definition) is 5. The minimum absolute atomic E-state index is 0.00128. The molecule has 0 spiro atoms. The van der Waals surface area contributed by atoms with Crippen molar-refractivity contribution in [1.82, 2.24) is 24.8 Å². The molecule has 7 nitrogen and oxygen atoms in total. The van der Waals surface area contributed by atoms with E-state index in [-0.39, 0.29) is 11.9 Å². The molecule has 1 saturated heterocycles. The summed E-state index contributed by atoms with van der Waals surface area (Å²) in [5, 5.41) is 3.06. The lowest BCUT2D eigenvalue weighted by Crippen LogP contribution is -2.49. The number of piperidine rings is 1. The molecule has 1 unspecified atom stereocenters. The van der Waals surface area contributed by atoms with Crippen LogP contribution in [0, 0.1) is 0 Å². The Labute approximate surface area is 133 Å². The molecule has 0 aromatic carbocycles. The molecule has 3 heterocycles. The first-order valence-electron chi connectivity index (χ1n) is 7.20. The molecule has 1 aliphatic rings. The average molecular weight is 321 g/mol. The summed E-state index contributed by atoms with van der Waals surface area (Å²) < 4.78 is 1.69. The zero-order chi connectivity index (χ0) is 15.5. The highest BCUT2D eigenvalue weighted by atomic mass is 35.5. The molecule has 2 aromatic heterocycles. The van der Waals surface area contributed by atoms with Gasteiger partial charge >= 0.3 is 0 Å². The van der Waals surface area contributed by atoms with Gasteiger partial charge in [-0.25, -0.2) is 9.97 Å². The number of halogens is 1. The van der Waals surface area contributed by atoms with Crippen molar-refractivity contribution in [2.45, 2.75) is 25.3 Å². The second-order valence-corrected chi connectivity index (χ2v) is 5.53. The number of carbonyl (C=O) groups excluding carboxylic acids is 1. The molecule has 0 bridgehead atoms. The highest BCUT2D eigenvalue weighted by Gasteiger charge is 2.29. The fourth-order valence-electron chi connectivity index (χ4n) is 2.68. The van der Waals surface area contributed by atoms with E-state index in [9.17, 15) is 4.79 Å². The quantitative estimate of drug-likeness (QED) is 0.866. The lowest BCUT2D eigenvalue weighted by molar-refractivity contribution is -0.122. The second kappa shape index (κ2) is 6.31. The van der Waals surface area contributed by atoms with Gasteiger partial charge < -0.3 is 10.2 Å². The second-order valence-electron chi connectivity index (χ2n) is 5.14. The zero-order valence-electron chi connectivity index (χ0n) is 12.2. The van der Waals surface area contributed by atoms with Crippen LogP contribution in [0.25, 0.3) is 5.95 Å². The minimum atomic E-state index is -0.222. The highest BCUT2D eigenvalue weighted by Crippen LogP contribution is 2.25. The Balaban J connectivity index is 1.97. The number of anilines is 1. The monoisotopic (exact) mass is 320 g/mol. The summed E-state index contributed by atoms with van der Waals surface area (Å²) in [4.78, 5) is 26.8. The maximum absolute atomic E-state index is 12.1. The number of imidazole rings is 1. The third-order valence-electron chi connectivity index (χ3n) is 3.75. The van der Waals surface area contributed by atoms with Crippen molar-refractivity contribution < 1.29 is 4.79 Å². The summed E-state index contributed by atoms with van der Waals surface area (Å²) in [5.41, 5.74) is 0. The molecule has 8 heteroatoms. The largest absolute Gasteiger partial charge is 0.357 e. The van der Waals surface area contributed by atoms with Crippen LogP contribution >= 0.6 is 11.6 Å². The Kier molecular flexibility index (Phi) is 4.24. The number of likely N-dealkylation sites (N-methyl/N-ethyl adjacent to an activating group) is 1. The molecular formula is C14H17ClN6O. The molecule has 1 atom stereocenters. The van der Waals surface area contributed by atoms with Crippen molar-refractivity contribution in [1.29, 1.82) is 0 Å². The Morgan fingerprint density at radius 3 is 3.00 bits per heavy atom. The van der Waals surface area contributed by atoms with Gasteiger partial charge in [0.15, 0.2) is 0 Å².